The Morgan fingerprint density at radius 1 is 0.221 bits per heavy atom. The molecule has 0 spiro atoms. The maximum atomic E-state index is 2.56. The Balaban J connectivity index is 1.97. The van der Waals surface area contributed by atoms with E-state index in [0.717, 1.165) is 77.0 Å². The van der Waals surface area contributed by atoms with E-state index in [1.807, 2.05) is 0 Å². The molecule has 68 heavy (non-hydrogen) atoms. The SMILES string of the molecule is CCCCc1c(CC)ccc(CC)c1-c1c2c(c(-c3c(CC)ccc(CC)c3CCCC)c(-c3c(CC)ccc(CC)c3CCCC)c1-c1c(CC)ccc(CC)c1CCCC)-c1ccccc1-2. The van der Waals surface area contributed by atoms with Gasteiger partial charge >= 0.3 is 0 Å². The van der Waals surface area contributed by atoms with Crippen LogP contribution in [0.2, 0.25) is 0 Å². The summed E-state index contributed by atoms with van der Waals surface area (Å²) in [5.74, 6) is 0. The largest absolute Gasteiger partial charge is 0.0654 e. The van der Waals surface area contributed by atoms with Gasteiger partial charge in [0.2, 0.25) is 0 Å². The van der Waals surface area contributed by atoms with Gasteiger partial charge in [-0.3, -0.25) is 0 Å². The normalized spacial score (nSPS) is 11.8. The van der Waals surface area contributed by atoms with Crippen LogP contribution in [0, 0.1) is 0 Å². The zero-order valence-electron chi connectivity index (χ0n) is 45.1. The van der Waals surface area contributed by atoms with Gasteiger partial charge in [-0.15, -0.1) is 0 Å². The number of benzene rings is 6. The number of aryl methyl sites for hydroxylation is 8. The molecule has 0 N–H and O–H groups in total. The number of hydrogen-bond donors (Lipinski definition) is 0. The van der Waals surface area contributed by atoms with Gasteiger partial charge in [-0.05, 0) is 236 Å². The number of hydrogen-bond acceptors (Lipinski definition) is 0. The molecule has 0 heterocycles. The van der Waals surface area contributed by atoms with Crippen LogP contribution in [0.5, 0.6) is 0 Å². The second-order valence-corrected chi connectivity index (χ2v) is 20.0. The van der Waals surface area contributed by atoms with E-state index < -0.39 is 0 Å². The van der Waals surface area contributed by atoms with Crippen LogP contribution in [0.3, 0.4) is 0 Å². The molecule has 0 aliphatic heterocycles. The third-order valence-corrected chi connectivity index (χ3v) is 16.1. The van der Waals surface area contributed by atoms with E-state index in [-0.39, 0.29) is 0 Å². The summed E-state index contributed by atoms with van der Waals surface area (Å²) >= 11 is 0. The molecule has 0 bridgehead atoms. The van der Waals surface area contributed by atoms with Crippen molar-refractivity contribution in [2.45, 2.75) is 212 Å². The summed E-state index contributed by atoms with van der Waals surface area (Å²) in [5, 5.41) is 0. The molecule has 0 nitrogen and oxygen atoms in total. The molecule has 1 aliphatic rings. The molecular weight excluding hydrogens is 817 g/mol. The van der Waals surface area contributed by atoms with Gasteiger partial charge in [-0.1, -0.05) is 182 Å². The van der Waals surface area contributed by atoms with Crippen molar-refractivity contribution in [1.29, 1.82) is 0 Å². The van der Waals surface area contributed by atoms with Crippen LogP contribution in [0.1, 0.15) is 201 Å². The summed E-state index contributed by atoms with van der Waals surface area (Å²) in [7, 11) is 0. The second-order valence-electron chi connectivity index (χ2n) is 20.0. The fourth-order valence-corrected chi connectivity index (χ4v) is 12.4. The lowest BCUT2D eigenvalue weighted by atomic mass is 9.64. The van der Waals surface area contributed by atoms with Crippen LogP contribution in [0.15, 0.2) is 72.8 Å². The van der Waals surface area contributed by atoms with Crippen molar-refractivity contribution in [3.05, 3.63) is 140 Å². The van der Waals surface area contributed by atoms with E-state index in [0.29, 0.717) is 0 Å². The first-order chi connectivity index (χ1) is 33.3. The van der Waals surface area contributed by atoms with E-state index in [1.165, 1.54) is 118 Å². The highest BCUT2D eigenvalue weighted by atomic mass is 14.4. The fourth-order valence-electron chi connectivity index (χ4n) is 12.4. The van der Waals surface area contributed by atoms with E-state index in [1.54, 1.807) is 66.8 Å². The van der Waals surface area contributed by atoms with Crippen LogP contribution >= 0.6 is 0 Å². The van der Waals surface area contributed by atoms with Crippen molar-refractivity contribution in [1.82, 2.24) is 0 Å². The molecular formula is C68H88. The molecule has 0 saturated carbocycles. The van der Waals surface area contributed by atoms with Crippen molar-refractivity contribution in [2.24, 2.45) is 0 Å². The molecule has 360 valence electrons. The molecule has 0 fully saturated rings. The Morgan fingerprint density at radius 2 is 0.426 bits per heavy atom. The Kier molecular flexibility index (Phi) is 17.9. The third kappa shape index (κ3) is 9.37. The molecule has 0 atom stereocenters. The van der Waals surface area contributed by atoms with Crippen molar-refractivity contribution in [3.8, 4) is 66.8 Å². The highest BCUT2D eigenvalue weighted by Gasteiger charge is 2.40. The van der Waals surface area contributed by atoms with Crippen molar-refractivity contribution in [3.63, 3.8) is 0 Å². The highest BCUT2D eigenvalue weighted by molar-refractivity contribution is 6.23. The summed E-state index contributed by atoms with van der Waals surface area (Å²) in [6, 6.07) is 29.9. The number of unbranched alkanes of at least 4 members (excludes halogenated alkanes) is 4. The van der Waals surface area contributed by atoms with Gasteiger partial charge in [0.1, 0.15) is 0 Å². The predicted molar refractivity (Wildman–Crippen MR) is 302 cm³/mol. The van der Waals surface area contributed by atoms with Gasteiger partial charge in [0.15, 0.2) is 0 Å². The van der Waals surface area contributed by atoms with Gasteiger partial charge in [0, 0.05) is 0 Å². The predicted octanol–water partition coefficient (Wildman–Crippen LogP) is 19.9. The van der Waals surface area contributed by atoms with E-state index in [4.69, 9.17) is 0 Å². The lowest BCUT2D eigenvalue weighted by molar-refractivity contribution is 0.785. The van der Waals surface area contributed by atoms with Gasteiger partial charge in [0.05, 0.1) is 0 Å². The van der Waals surface area contributed by atoms with Crippen molar-refractivity contribution >= 4 is 0 Å². The topological polar surface area (TPSA) is 0 Å². The molecule has 1 aliphatic carbocycles. The van der Waals surface area contributed by atoms with E-state index >= 15 is 0 Å². The maximum absolute atomic E-state index is 2.56. The standard InChI is InChI=1S/C68H88/c1-13-25-31-53-45(17-5)37-41-49(21-9)59(53)65-63-57-35-29-30-36-58(57)64(63)66(60-50(22-10)42-38-46(18-6)54(60)32-26-14-2)68(62-52(24-12)44-40-48(20-8)56(62)34-28-16-4)67(65)61-51(23-11)43-39-47(19-7)55(61)33-27-15-3/h29-30,35-44H,13-28,31-34H2,1-12H3. The summed E-state index contributed by atoms with van der Waals surface area (Å²) in [5.41, 5.74) is 37.0. The molecule has 7 rings (SSSR count). The van der Waals surface area contributed by atoms with Crippen LogP contribution in [0.4, 0.5) is 0 Å². The average Bonchev–Trinajstić information content (AvgIpc) is 3.37. The maximum Gasteiger partial charge on any atom is -0.000719 e. The van der Waals surface area contributed by atoms with Crippen LogP contribution in [0.25, 0.3) is 66.8 Å². The number of fused-ring (bicyclic) bond motifs is 4. The molecule has 6 aromatic rings. The fraction of sp³-hybridized carbons (Fsp3) is 0.471. The molecule has 6 aromatic carbocycles. The molecule has 0 amide bonds. The van der Waals surface area contributed by atoms with Gasteiger partial charge in [0.25, 0.3) is 0 Å². The Morgan fingerprint density at radius 3 is 0.632 bits per heavy atom. The Hall–Kier alpha value is -4.68. The lowest BCUT2D eigenvalue weighted by Gasteiger charge is -2.39. The lowest BCUT2D eigenvalue weighted by Crippen LogP contribution is -2.15. The van der Waals surface area contributed by atoms with Crippen LogP contribution in [-0.2, 0) is 77.0 Å². The van der Waals surface area contributed by atoms with Crippen LogP contribution in [-0.4, -0.2) is 0 Å². The van der Waals surface area contributed by atoms with Gasteiger partial charge in [-0.2, -0.15) is 0 Å². The van der Waals surface area contributed by atoms with Crippen LogP contribution < -0.4 is 0 Å². The zero-order chi connectivity index (χ0) is 48.5. The minimum atomic E-state index is 1.00. The summed E-state index contributed by atoms with van der Waals surface area (Å²) < 4.78 is 0. The van der Waals surface area contributed by atoms with Crippen molar-refractivity contribution < 1.29 is 0 Å². The Bertz CT molecular complexity index is 2510. The quantitative estimate of drug-likeness (QED) is 0.0567. The number of rotatable bonds is 24. The highest BCUT2D eigenvalue weighted by Crippen LogP contribution is 2.65. The minimum absolute atomic E-state index is 1.00. The first kappa shape index (κ1) is 51.2. The minimum Gasteiger partial charge on any atom is -0.0654 e. The van der Waals surface area contributed by atoms with Crippen molar-refractivity contribution in [2.75, 3.05) is 0 Å². The molecule has 0 aromatic heterocycles. The monoisotopic (exact) mass is 905 g/mol. The molecule has 0 heteroatoms. The molecule has 0 unspecified atom stereocenters. The zero-order valence-corrected chi connectivity index (χ0v) is 45.1. The second kappa shape index (κ2) is 23.8. The van der Waals surface area contributed by atoms with Gasteiger partial charge in [-0.25, -0.2) is 0 Å². The summed E-state index contributed by atoms with van der Waals surface area (Å²) in [6.07, 6.45) is 22.2. The summed E-state index contributed by atoms with van der Waals surface area (Å²) in [4.78, 5) is 0. The Labute approximate surface area is 415 Å². The smallest absolute Gasteiger partial charge is 0.000719 e. The molecule has 0 radical (unpaired) electrons. The average molecular weight is 905 g/mol. The third-order valence-electron chi connectivity index (χ3n) is 16.1. The van der Waals surface area contributed by atoms with E-state index in [9.17, 15) is 0 Å². The van der Waals surface area contributed by atoms with E-state index in [2.05, 4.69) is 156 Å². The summed E-state index contributed by atoms with van der Waals surface area (Å²) in [6.45, 7) is 28.9. The van der Waals surface area contributed by atoms with Gasteiger partial charge < -0.3 is 0 Å². The molecule has 0 saturated heterocycles. The first-order valence-electron chi connectivity index (χ1n) is 28.2. The first-order valence-corrected chi connectivity index (χ1v) is 28.2.